The van der Waals surface area contributed by atoms with Crippen LogP contribution < -0.4 is 5.32 Å². The van der Waals surface area contributed by atoms with Crippen molar-refractivity contribution >= 4 is 60.8 Å². The fraction of sp³-hybridized carbons (Fsp3) is 0. The van der Waals surface area contributed by atoms with Gasteiger partial charge in [-0.3, -0.25) is 4.79 Å². The number of carbonyl (C=O) groups is 2. The van der Waals surface area contributed by atoms with Gasteiger partial charge in [-0.25, -0.2) is 4.79 Å². The summed E-state index contributed by atoms with van der Waals surface area (Å²) in [5.41, 5.74) is 0.767. The molecule has 0 saturated heterocycles. The molecule has 0 spiro atoms. The summed E-state index contributed by atoms with van der Waals surface area (Å²) in [7, 11) is 0. The van der Waals surface area contributed by atoms with Crippen molar-refractivity contribution in [3.05, 3.63) is 49.0 Å². The maximum absolute atomic E-state index is 12.0. The zero-order chi connectivity index (χ0) is 14.0. The third-order valence-electron chi connectivity index (χ3n) is 2.31. The standard InChI is InChI=1S/C12H7Br2NO3S/c13-8-3-1-2-7(12(17)18)10(8)15-11(16)6-4-9(14)19-5-6/h1-5H,(H,15,16)(H,17,18). The van der Waals surface area contributed by atoms with Gasteiger partial charge in [0.1, 0.15) is 0 Å². The van der Waals surface area contributed by atoms with Gasteiger partial charge in [0.2, 0.25) is 0 Å². The van der Waals surface area contributed by atoms with Gasteiger partial charge in [0.25, 0.3) is 5.91 Å². The van der Waals surface area contributed by atoms with Crippen LogP contribution in [0.2, 0.25) is 0 Å². The first-order valence-electron chi connectivity index (χ1n) is 5.06. The fourth-order valence-corrected chi connectivity index (χ4v) is 3.05. The van der Waals surface area contributed by atoms with E-state index < -0.39 is 5.97 Å². The van der Waals surface area contributed by atoms with Gasteiger partial charge in [-0.05, 0) is 50.1 Å². The second kappa shape index (κ2) is 5.85. The van der Waals surface area contributed by atoms with Crippen LogP contribution in [-0.2, 0) is 0 Å². The normalized spacial score (nSPS) is 10.2. The molecule has 2 N–H and O–H groups in total. The Balaban J connectivity index is 2.33. The first-order valence-corrected chi connectivity index (χ1v) is 7.53. The lowest BCUT2D eigenvalue weighted by atomic mass is 10.1. The third-order valence-corrected chi connectivity index (χ3v) is 4.48. The zero-order valence-electron chi connectivity index (χ0n) is 9.31. The summed E-state index contributed by atoms with van der Waals surface area (Å²) in [5.74, 6) is -1.44. The van der Waals surface area contributed by atoms with E-state index >= 15 is 0 Å². The molecule has 7 heteroatoms. The molecule has 0 aliphatic rings. The maximum Gasteiger partial charge on any atom is 0.337 e. The number of rotatable bonds is 3. The molecule has 2 aromatic rings. The number of carbonyl (C=O) groups excluding carboxylic acids is 1. The van der Waals surface area contributed by atoms with E-state index in [4.69, 9.17) is 5.11 Å². The highest BCUT2D eigenvalue weighted by molar-refractivity contribution is 9.11. The van der Waals surface area contributed by atoms with Crippen LogP contribution in [0.15, 0.2) is 37.9 Å². The van der Waals surface area contributed by atoms with Crippen molar-refractivity contribution < 1.29 is 14.7 Å². The minimum absolute atomic E-state index is 0.0389. The van der Waals surface area contributed by atoms with Gasteiger partial charge in [0, 0.05) is 9.85 Å². The molecule has 1 amide bonds. The number of carboxylic acid groups (broad SMARTS) is 1. The summed E-state index contributed by atoms with van der Waals surface area (Å²) in [6.07, 6.45) is 0. The van der Waals surface area contributed by atoms with E-state index in [0.717, 1.165) is 3.79 Å². The molecule has 0 radical (unpaired) electrons. The molecule has 1 aromatic heterocycles. The molecule has 4 nitrogen and oxygen atoms in total. The Morgan fingerprint density at radius 3 is 2.58 bits per heavy atom. The number of thiophene rings is 1. The van der Waals surface area contributed by atoms with Crippen LogP contribution in [0.1, 0.15) is 20.7 Å². The molecule has 1 heterocycles. The molecule has 0 atom stereocenters. The average Bonchev–Trinajstić information content (AvgIpc) is 2.78. The van der Waals surface area contributed by atoms with Crippen molar-refractivity contribution in [3.8, 4) is 0 Å². The number of benzene rings is 1. The molecular weight excluding hydrogens is 398 g/mol. The van der Waals surface area contributed by atoms with Crippen LogP contribution >= 0.6 is 43.2 Å². The Morgan fingerprint density at radius 2 is 2.00 bits per heavy atom. The first kappa shape index (κ1) is 14.2. The highest BCUT2D eigenvalue weighted by Crippen LogP contribution is 2.28. The van der Waals surface area contributed by atoms with Crippen LogP contribution in [0.3, 0.4) is 0 Å². The van der Waals surface area contributed by atoms with E-state index in [1.54, 1.807) is 23.6 Å². The molecule has 1 aromatic carbocycles. The lowest BCUT2D eigenvalue weighted by Crippen LogP contribution is -2.14. The number of nitrogens with one attached hydrogen (secondary N) is 1. The number of hydrogen-bond donors (Lipinski definition) is 2. The number of aromatic carboxylic acids is 1. The third kappa shape index (κ3) is 3.23. The topological polar surface area (TPSA) is 66.4 Å². The highest BCUT2D eigenvalue weighted by Gasteiger charge is 2.16. The summed E-state index contributed by atoms with van der Waals surface area (Å²) in [4.78, 5) is 23.1. The van der Waals surface area contributed by atoms with Gasteiger partial charge in [0.15, 0.2) is 0 Å². The van der Waals surface area contributed by atoms with Gasteiger partial charge in [-0.2, -0.15) is 0 Å². The first-order chi connectivity index (χ1) is 8.99. The molecule has 0 aliphatic heterocycles. The molecule has 0 bridgehead atoms. The Bertz CT molecular complexity index is 654. The summed E-state index contributed by atoms with van der Waals surface area (Å²) in [6.45, 7) is 0. The summed E-state index contributed by atoms with van der Waals surface area (Å²) < 4.78 is 1.36. The second-order valence-electron chi connectivity index (χ2n) is 3.56. The van der Waals surface area contributed by atoms with Gasteiger partial charge < -0.3 is 10.4 Å². The van der Waals surface area contributed by atoms with Crippen LogP contribution in [0.5, 0.6) is 0 Å². The van der Waals surface area contributed by atoms with E-state index in [1.807, 2.05) is 0 Å². The predicted octanol–water partition coefficient (Wildman–Crippen LogP) is 4.22. The Hall–Kier alpha value is -1.18. The Kier molecular flexibility index (Phi) is 4.38. The Morgan fingerprint density at radius 1 is 1.26 bits per heavy atom. The fourth-order valence-electron chi connectivity index (χ4n) is 1.44. The van der Waals surface area contributed by atoms with Crippen molar-refractivity contribution in [2.45, 2.75) is 0 Å². The molecule has 0 unspecified atom stereocenters. The minimum Gasteiger partial charge on any atom is -0.478 e. The van der Waals surface area contributed by atoms with Gasteiger partial charge in [-0.1, -0.05) is 6.07 Å². The van der Waals surface area contributed by atoms with E-state index in [0.29, 0.717) is 10.0 Å². The second-order valence-corrected chi connectivity index (χ2v) is 6.71. The summed E-state index contributed by atoms with van der Waals surface area (Å²) in [5, 5.41) is 13.4. The molecule has 98 valence electrons. The highest BCUT2D eigenvalue weighted by atomic mass is 79.9. The maximum atomic E-state index is 12.0. The van der Waals surface area contributed by atoms with Crippen molar-refractivity contribution in [2.75, 3.05) is 5.32 Å². The molecule has 19 heavy (non-hydrogen) atoms. The quantitative estimate of drug-likeness (QED) is 0.804. The SMILES string of the molecule is O=C(Nc1c(Br)cccc1C(=O)O)c1csc(Br)c1. The number of carboxylic acids is 1. The smallest absolute Gasteiger partial charge is 0.337 e. The Labute approximate surface area is 129 Å². The average molecular weight is 405 g/mol. The largest absolute Gasteiger partial charge is 0.478 e. The molecular formula is C12H7Br2NO3S. The molecule has 0 aliphatic carbocycles. The number of hydrogen-bond acceptors (Lipinski definition) is 3. The van der Waals surface area contributed by atoms with E-state index in [1.165, 1.54) is 17.4 Å². The monoisotopic (exact) mass is 403 g/mol. The van der Waals surface area contributed by atoms with Crippen LogP contribution in [0.4, 0.5) is 5.69 Å². The van der Waals surface area contributed by atoms with Crippen molar-refractivity contribution in [1.29, 1.82) is 0 Å². The van der Waals surface area contributed by atoms with Gasteiger partial charge >= 0.3 is 5.97 Å². The van der Waals surface area contributed by atoms with Gasteiger partial charge in [0.05, 0.1) is 20.6 Å². The summed E-state index contributed by atoms with van der Waals surface area (Å²) >= 11 is 7.90. The zero-order valence-corrected chi connectivity index (χ0v) is 13.3. The number of amides is 1. The molecule has 2 rings (SSSR count). The predicted molar refractivity (Wildman–Crippen MR) is 81.1 cm³/mol. The summed E-state index contributed by atoms with van der Waals surface area (Å²) in [6, 6.07) is 6.39. The van der Waals surface area contributed by atoms with Gasteiger partial charge in [-0.15, -0.1) is 11.3 Å². The lowest BCUT2D eigenvalue weighted by Gasteiger charge is -2.09. The molecule has 0 saturated carbocycles. The number of anilines is 1. The van der Waals surface area contributed by atoms with Crippen LogP contribution in [0.25, 0.3) is 0 Å². The van der Waals surface area contributed by atoms with Crippen molar-refractivity contribution in [2.24, 2.45) is 0 Å². The van der Waals surface area contributed by atoms with E-state index in [2.05, 4.69) is 37.2 Å². The van der Waals surface area contributed by atoms with Crippen molar-refractivity contribution in [3.63, 3.8) is 0 Å². The molecule has 0 fully saturated rings. The number of para-hydroxylation sites is 1. The van der Waals surface area contributed by atoms with E-state index in [-0.39, 0.29) is 17.2 Å². The minimum atomic E-state index is -1.09. The van der Waals surface area contributed by atoms with E-state index in [9.17, 15) is 9.59 Å². The van der Waals surface area contributed by atoms with Crippen molar-refractivity contribution in [1.82, 2.24) is 0 Å². The lowest BCUT2D eigenvalue weighted by molar-refractivity contribution is 0.0698. The number of halogens is 2. The van der Waals surface area contributed by atoms with Crippen LogP contribution in [-0.4, -0.2) is 17.0 Å². The van der Waals surface area contributed by atoms with Crippen LogP contribution in [0, 0.1) is 0 Å².